The van der Waals surface area contributed by atoms with Gasteiger partial charge in [-0.15, -0.1) is 0 Å². The van der Waals surface area contributed by atoms with Gasteiger partial charge in [-0.1, -0.05) is 6.07 Å². The van der Waals surface area contributed by atoms with Crippen LogP contribution in [-0.2, 0) is 4.74 Å². The molecule has 1 unspecified atom stereocenters. The number of aromatic nitrogens is 2. The van der Waals surface area contributed by atoms with Crippen LogP contribution in [0.2, 0.25) is 0 Å². The van der Waals surface area contributed by atoms with Gasteiger partial charge >= 0.3 is 0 Å². The summed E-state index contributed by atoms with van der Waals surface area (Å²) in [5.41, 5.74) is 1.55. The molecule has 0 aromatic carbocycles. The Bertz CT molecular complexity index is 668. The number of nitrogens with zero attached hydrogens (tertiary/aromatic N) is 4. The minimum Gasteiger partial charge on any atom is -0.378 e. The Labute approximate surface area is 122 Å². The monoisotopic (exact) mass is 286 g/mol. The van der Waals surface area contributed by atoms with Crippen molar-refractivity contribution in [2.45, 2.75) is 6.04 Å². The maximum atomic E-state index is 12.8. The number of pyridine rings is 1. The van der Waals surface area contributed by atoms with Crippen molar-refractivity contribution in [3.8, 4) is 0 Å². The smallest absolute Gasteiger partial charge is 0.257 e. The summed E-state index contributed by atoms with van der Waals surface area (Å²) >= 11 is 0. The highest BCUT2D eigenvalue weighted by Crippen LogP contribution is 2.18. The van der Waals surface area contributed by atoms with Gasteiger partial charge in [-0.25, -0.2) is 4.52 Å². The number of amides is 1. The Kier molecular flexibility index (Phi) is 3.12. The fourth-order valence-corrected chi connectivity index (χ4v) is 3.20. The highest BCUT2D eigenvalue weighted by Gasteiger charge is 2.32. The maximum absolute atomic E-state index is 12.8. The SMILES string of the molecule is O=C(c1cnn2ccccc12)N1CCN2CCOCC2C1. The van der Waals surface area contributed by atoms with Gasteiger partial charge in [0.1, 0.15) is 0 Å². The van der Waals surface area contributed by atoms with E-state index in [1.807, 2.05) is 29.3 Å². The molecule has 2 saturated heterocycles. The molecule has 4 heterocycles. The van der Waals surface area contributed by atoms with Crippen LogP contribution in [0.4, 0.5) is 0 Å². The molecule has 4 rings (SSSR count). The molecule has 6 heteroatoms. The van der Waals surface area contributed by atoms with Gasteiger partial charge in [-0.2, -0.15) is 5.10 Å². The third-order valence-corrected chi connectivity index (χ3v) is 4.38. The summed E-state index contributed by atoms with van der Waals surface area (Å²) in [5.74, 6) is 0.0708. The van der Waals surface area contributed by atoms with Crippen LogP contribution >= 0.6 is 0 Å². The van der Waals surface area contributed by atoms with Crippen LogP contribution in [0.3, 0.4) is 0 Å². The number of piperazine rings is 1. The first-order valence-electron chi connectivity index (χ1n) is 7.36. The normalized spacial score (nSPS) is 23.2. The van der Waals surface area contributed by atoms with E-state index in [-0.39, 0.29) is 5.91 Å². The molecular formula is C15H18N4O2. The topological polar surface area (TPSA) is 50.1 Å². The van der Waals surface area contributed by atoms with Crippen molar-refractivity contribution in [3.05, 3.63) is 36.2 Å². The molecule has 6 nitrogen and oxygen atoms in total. The summed E-state index contributed by atoms with van der Waals surface area (Å²) in [6, 6.07) is 6.10. The summed E-state index contributed by atoms with van der Waals surface area (Å²) in [4.78, 5) is 17.1. The van der Waals surface area contributed by atoms with Crippen LogP contribution in [0, 0.1) is 0 Å². The molecule has 2 aromatic heterocycles. The van der Waals surface area contributed by atoms with Crippen LogP contribution in [-0.4, -0.2) is 70.8 Å². The van der Waals surface area contributed by atoms with Crippen LogP contribution < -0.4 is 0 Å². The van der Waals surface area contributed by atoms with Crippen LogP contribution in [0.25, 0.3) is 5.52 Å². The number of hydrogen-bond acceptors (Lipinski definition) is 4. The van der Waals surface area contributed by atoms with Gasteiger partial charge in [-0.05, 0) is 12.1 Å². The van der Waals surface area contributed by atoms with Crippen LogP contribution in [0.1, 0.15) is 10.4 Å². The number of hydrogen-bond donors (Lipinski definition) is 0. The number of carbonyl (C=O) groups is 1. The fraction of sp³-hybridized carbons (Fsp3) is 0.467. The highest BCUT2D eigenvalue weighted by atomic mass is 16.5. The zero-order valence-corrected chi connectivity index (χ0v) is 11.8. The predicted molar refractivity (Wildman–Crippen MR) is 77.3 cm³/mol. The van der Waals surface area contributed by atoms with E-state index < -0.39 is 0 Å². The third-order valence-electron chi connectivity index (χ3n) is 4.38. The van der Waals surface area contributed by atoms with Crippen molar-refractivity contribution in [3.63, 3.8) is 0 Å². The van der Waals surface area contributed by atoms with E-state index in [2.05, 4.69) is 10.00 Å². The van der Waals surface area contributed by atoms with Gasteiger partial charge in [0, 0.05) is 32.4 Å². The summed E-state index contributed by atoms with van der Waals surface area (Å²) < 4.78 is 7.28. The van der Waals surface area contributed by atoms with Crippen molar-refractivity contribution >= 4 is 11.4 Å². The van der Waals surface area contributed by atoms with Crippen molar-refractivity contribution in [2.24, 2.45) is 0 Å². The molecule has 2 aliphatic heterocycles. The first-order chi connectivity index (χ1) is 10.3. The van der Waals surface area contributed by atoms with Crippen molar-refractivity contribution < 1.29 is 9.53 Å². The number of morpholine rings is 1. The molecule has 2 aliphatic rings. The van der Waals surface area contributed by atoms with E-state index in [0.717, 1.165) is 44.9 Å². The van der Waals surface area contributed by atoms with E-state index in [1.165, 1.54) is 0 Å². The lowest BCUT2D eigenvalue weighted by Gasteiger charge is -2.43. The van der Waals surface area contributed by atoms with Gasteiger partial charge < -0.3 is 9.64 Å². The molecule has 0 spiro atoms. The standard InChI is InChI=1S/C15H18N4O2/c20-15(13-9-16-19-4-2-1-3-14(13)19)18-6-5-17-7-8-21-11-12(17)10-18/h1-4,9,12H,5-8,10-11H2. The van der Waals surface area contributed by atoms with Gasteiger partial charge in [0.15, 0.2) is 0 Å². The van der Waals surface area contributed by atoms with E-state index >= 15 is 0 Å². The van der Waals surface area contributed by atoms with E-state index in [4.69, 9.17) is 4.74 Å². The minimum atomic E-state index is 0.0708. The molecule has 0 bridgehead atoms. The molecule has 21 heavy (non-hydrogen) atoms. The largest absolute Gasteiger partial charge is 0.378 e. The summed E-state index contributed by atoms with van der Waals surface area (Å²) in [6.07, 6.45) is 3.53. The average Bonchev–Trinajstić information content (AvgIpc) is 2.98. The van der Waals surface area contributed by atoms with Gasteiger partial charge in [0.25, 0.3) is 5.91 Å². The third kappa shape index (κ3) is 2.20. The quantitative estimate of drug-likeness (QED) is 0.765. The lowest BCUT2D eigenvalue weighted by molar-refractivity contribution is -0.0394. The summed E-state index contributed by atoms with van der Waals surface area (Å²) in [6.45, 7) is 4.95. The molecule has 0 aliphatic carbocycles. The molecule has 0 saturated carbocycles. The molecule has 0 radical (unpaired) electrons. The van der Waals surface area contributed by atoms with E-state index in [0.29, 0.717) is 11.6 Å². The molecule has 2 fully saturated rings. The van der Waals surface area contributed by atoms with Crippen molar-refractivity contribution in [2.75, 3.05) is 39.4 Å². The first-order valence-corrected chi connectivity index (χ1v) is 7.36. The average molecular weight is 286 g/mol. The molecule has 1 amide bonds. The van der Waals surface area contributed by atoms with Crippen LogP contribution in [0.15, 0.2) is 30.6 Å². The Morgan fingerprint density at radius 1 is 1.29 bits per heavy atom. The number of ether oxygens (including phenoxy) is 1. The number of fused-ring (bicyclic) bond motifs is 2. The summed E-state index contributed by atoms with van der Waals surface area (Å²) in [5, 5.41) is 4.25. The Morgan fingerprint density at radius 2 is 2.24 bits per heavy atom. The van der Waals surface area contributed by atoms with Gasteiger partial charge in [0.05, 0.1) is 36.5 Å². The maximum Gasteiger partial charge on any atom is 0.257 e. The second-order valence-corrected chi connectivity index (χ2v) is 5.60. The molecule has 2 aromatic rings. The Hall–Kier alpha value is -1.92. The Balaban J connectivity index is 1.57. The van der Waals surface area contributed by atoms with Crippen molar-refractivity contribution in [1.29, 1.82) is 0 Å². The second-order valence-electron chi connectivity index (χ2n) is 5.60. The molecule has 0 N–H and O–H groups in total. The molecular weight excluding hydrogens is 268 g/mol. The minimum absolute atomic E-state index is 0.0708. The van der Waals surface area contributed by atoms with Gasteiger partial charge in [0.2, 0.25) is 0 Å². The molecule has 110 valence electrons. The number of rotatable bonds is 1. The van der Waals surface area contributed by atoms with E-state index in [9.17, 15) is 4.79 Å². The van der Waals surface area contributed by atoms with Crippen LogP contribution in [0.5, 0.6) is 0 Å². The summed E-state index contributed by atoms with van der Waals surface area (Å²) in [7, 11) is 0. The highest BCUT2D eigenvalue weighted by molar-refractivity contribution is 6.00. The fourth-order valence-electron chi connectivity index (χ4n) is 3.20. The van der Waals surface area contributed by atoms with Crippen molar-refractivity contribution in [1.82, 2.24) is 19.4 Å². The number of carbonyl (C=O) groups excluding carboxylic acids is 1. The zero-order valence-electron chi connectivity index (χ0n) is 11.8. The molecule has 1 atom stereocenters. The predicted octanol–water partition coefficient (Wildman–Crippen LogP) is 0.491. The lowest BCUT2D eigenvalue weighted by atomic mass is 10.1. The van der Waals surface area contributed by atoms with E-state index in [1.54, 1.807) is 10.7 Å². The Morgan fingerprint density at radius 3 is 3.19 bits per heavy atom. The van der Waals surface area contributed by atoms with Gasteiger partial charge in [-0.3, -0.25) is 9.69 Å². The zero-order chi connectivity index (χ0) is 14.2. The lowest BCUT2D eigenvalue weighted by Crippen LogP contribution is -2.59. The second kappa shape index (κ2) is 5.13. The first kappa shape index (κ1) is 12.8.